The smallest absolute Gasteiger partial charge is 0.164 e. The third kappa shape index (κ3) is 4.04. The number of hydrogen-bond donors (Lipinski definition) is 0. The van der Waals surface area contributed by atoms with Crippen LogP contribution >= 0.6 is 7.14 Å². The van der Waals surface area contributed by atoms with E-state index in [9.17, 15) is 9.36 Å². The van der Waals surface area contributed by atoms with E-state index in [2.05, 4.69) is 0 Å². The van der Waals surface area contributed by atoms with Crippen molar-refractivity contribution < 1.29 is 9.36 Å². The number of carbonyl (C=O) groups excluding carboxylic acids is 1. The fourth-order valence-electron chi connectivity index (χ4n) is 3.26. The van der Waals surface area contributed by atoms with Gasteiger partial charge in [0.25, 0.3) is 0 Å². The van der Waals surface area contributed by atoms with Crippen molar-refractivity contribution >= 4 is 29.2 Å². The van der Waals surface area contributed by atoms with Crippen molar-refractivity contribution in [3.63, 3.8) is 0 Å². The molecule has 0 aliphatic rings. The molecule has 0 N–H and O–H groups in total. The molecule has 4 heteroatoms. The maximum Gasteiger partial charge on any atom is 0.164 e. The van der Waals surface area contributed by atoms with Gasteiger partial charge in [-0.05, 0) is 12.1 Å². The van der Waals surface area contributed by atoms with Crippen LogP contribution in [-0.2, 0) is 4.57 Å². The number of nitrogens with zero attached hydrogens (tertiary/aromatic N) is 1. The van der Waals surface area contributed by atoms with Gasteiger partial charge < -0.3 is 9.46 Å². The normalized spacial score (nSPS) is 11.2. The molecule has 0 fully saturated rings. The Kier molecular flexibility index (Phi) is 5.93. The molecule has 0 unspecified atom stereocenters. The molecule has 3 aromatic rings. The predicted molar refractivity (Wildman–Crippen MR) is 114 cm³/mol. The molecule has 0 aliphatic heterocycles. The van der Waals surface area contributed by atoms with Crippen LogP contribution in [0.25, 0.3) is 0 Å². The van der Waals surface area contributed by atoms with Gasteiger partial charge in [-0.3, -0.25) is 4.79 Å². The number of benzene rings is 3. The summed E-state index contributed by atoms with van der Waals surface area (Å²) < 4.78 is 14.2. The fourth-order valence-corrected chi connectivity index (χ4v) is 5.94. The Labute approximate surface area is 161 Å². The first-order valence-electron chi connectivity index (χ1n) is 9.10. The maximum atomic E-state index is 14.2. The number of para-hydroxylation sites is 1. The second kappa shape index (κ2) is 8.37. The standard InChI is InChI=1S/C23H24NO2P/c1-3-23(25)21-16-10-11-17-22(21)24(2)18-27(26,19-12-6-4-7-13-19)20-14-8-5-9-15-20/h4-17H,3,18H2,1-2H3. The van der Waals surface area contributed by atoms with Crippen LogP contribution in [0.2, 0.25) is 0 Å². The van der Waals surface area contributed by atoms with Gasteiger partial charge in [-0.1, -0.05) is 79.7 Å². The average molecular weight is 377 g/mol. The quantitative estimate of drug-likeness (QED) is 0.443. The summed E-state index contributed by atoms with van der Waals surface area (Å²) in [5, 5.41) is 1.64. The van der Waals surface area contributed by atoms with Crippen molar-refractivity contribution in [2.75, 3.05) is 18.2 Å². The van der Waals surface area contributed by atoms with Gasteiger partial charge in [-0.2, -0.15) is 0 Å². The van der Waals surface area contributed by atoms with E-state index < -0.39 is 7.14 Å². The van der Waals surface area contributed by atoms with E-state index in [-0.39, 0.29) is 5.78 Å². The van der Waals surface area contributed by atoms with E-state index in [1.54, 1.807) is 0 Å². The zero-order valence-electron chi connectivity index (χ0n) is 15.7. The Morgan fingerprint density at radius 3 is 1.81 bits per heavy atom. The first kappa shape index (κ1) is 19.1. The summed E-state index contributed by atoms with van der Waals surface area (Å²) in [6.45, 7) is 1.86. The Hall–Kier alpha value is -2.64. The first-order chi connectivity index (χ1) is 13.1. The zero-order valence-corrected chi connectivity index (χ0v) is 16.6. The summed E-state index contributed by atoms with van der Waals surface area (Å²) in [6, 6.07) is 26.7. The van der Waals surface area contributed by atoms with Crippen molar-refractivity contribution in [2.24, 2.45) is 0 Å². The highest BCUT2D eigenvalue weighted by molar-refractivity contribution is 7.78. The molecule has 3 nitrogen and oxygen atoms in total. The van der Waals surface area contributed by atoms with Crippen molar-refractivity contribution in [1.29, 1.82) is 0 Å². The van der Waals surface area contributed by atoms with Gasteiger partial charge in [-0.15, -0.1) is 0 Å². The molecule has 0 spiro atoms. The van der Waals surface area contributed by atoms with Gasteiger partial charge in [0.1, 0.15) is 0 Å². The molecule has 3 aromatic carbocycles. The number of carbonyl (C=O) groups is 1. The van der Waals surface area contributed by atoms with Crippen molar-refractivity contribution in [3.05, 3.63) is 90.5 Å². The number of ketones is 1. The van der Waals surface area contributed by atoms with Crippen LogP contribution in [0.3, 0.4) is 0 Å². The van der Waals surface area contributed by atoms with Gasteiger partial charge in [0.2, 0.25) is 0 Å². The minimum Gasteiger partial charge on any atom is -0.366 e. The van der Waals surface area contributed by atoms with Crippen molar-refractivity contribution in [3.8, 4) is 0 Å². The van der Waals surface area contributed by atoms with Crippen LogP contribution < -0.4 is 15.5 Å². The van der Waals surface area contributed by atoms with E-state index in [0.717, 1.165) is 16.3 Å². The van der Waals surface area contributed by atoms with Gasteiger partial charge in [0.05, 0.1) is 6.29 Å². The van der Waals surface area contributed by atoms with Crippen LogP contribution in [-0.4, -0.2) is 19.1 Å². The SMILES string of the molecule is CCC(=O)c1ccccc1N(C)CP(=O)(c1ccccc1)c1ccccc1. The third-order valence-corrected chi connectivity index (χ3v) is 7.78. The minimum absolute atomic E-state index is 0.0895. The van der Waals surface area contributed by atoms with Crippen LogP contribution in [0.5, 0.6) is 0 Å². The highest BCUT2D eigenvalue weighted by atomic mass is 31.2. The molecule has 0 bridgehead atoms. The van der Waals surface area contributed by atoms with Crippen molar-refractivity contribution in [1.82, 2.24) is 0 Å². The monoisotopic (exact) mass is 377 g/mol. The largest absolute Gasteiger partial charge is 0.366 e. The van der Waals surface area contributed by atoms with Gasteiger partial charge >= 0.3 is 0 Å². The highest BCUT2D eigenvalue weighted by Gasteiger charge is 2.29. The Morgan fingerprint density at radius 2 is 1.30 bits per heavy atom. The predicted octanol–water partition coefficient (Wildman–Crippen LogP) is 4.69. The van der Waals surface area contributed by atoms with E-state index >= 15 is 0 Å². The molecule has 0 saturated carbocycles. The molecule has 0 aliphatic carbocycles. The summed E-state index contributed by atoms with van der Waals surface area (Å²) in [4.78, 5) is 14.3. The van der Waals surface area contributed by atoms with Crippen LogP contribution in [0.4, 0.5) is 5.69 Å². The fraction of sp³-hybridized carbons (Fsp3) is 0.174. The summed E-state index contributed by atoms with van der Waals surface area (Å²) in [5.74, 6) is 0.0895. The molecule has 0 radical (unpaired) electrons. The van der Waals surface area contributed by atoms with E-state index in [1.165, 1.54) is 0 Å². The molecule has 0 saturated heterocycles. The van der Waals surface area contributed by atoms with Gasteiger partial charge in [0, 0.05) is 35.3 Å². The van der Waals surface area contributed by atoms with Crippen LogP contribution in [0, 0.1) is 0 Å². The second-order valence-electron chi connectivity index (χ2n) is 6.54. The molecule has 0 amide bonds. The third-order valence-electron chi connectivity index (χ3n) is 4.69. The number of hydrogen-bond acceptors (Lipinski definition) is 3. The molecule has 0 aromatic heterocycles. The number of Topliss-reactive ketones (excluding diaryl/α,β-unsaturated/α-hetero) is 1. The molecule has 0 atom stereocenters. The topological polar surface area (TPSA) is 37.4 Å². The Balaban J connectivity index is 2.04. The lowest BCUT2D eigenvalue weighted by Gasteiger charge is -2.28. The first-order valence-corrected chi connectivity index (χ1v) is 11.0. The summed E-state index contributed by atoms with van der Waals surface area (Å²) >= 11 is 0. The van der Waals surface area contributed by atoms with E-state index in [1.807, 2.05) is 104 Å². The van der Waals surface area contributed by atoms with E-state index in [0.29, 0.717) is 18.3 Å². The summed E-state index contributed by atoms with van der Waals surface area (Å²) in [6.07, 6.45) is 0.773. The zero-order chi connectivity index (χ0) is 19.3. The van der Waals surface area contributed by atoms with Crippen LogP contribution in [0.15, 0.2) is 84.9 Å². The molecule has 27 heavy (non-hydrogen) atoms. The second-order valence-corrected chi connectivity index (χ2v) is 9.34. The molecule has 0 heterocycles. The lowest BCUT2D eigenvalue weighted by atomic mass is 10.1. The molecule has 138 valence electrons. The molecular weight excluding hydrogens is 353 g/mol. The van der Waals surface area contributed by atoms with E-state index in [4.69, 9.17) is 0 Å². The lowest BCUT2D eigenvalue weighted by molar-refractivity contribution is 0.0988. The lowest BCUT2D eigenvalue weighted by Crippen LogP contribution is -2.29. The average Bonchev–Trinajstić information content (AvgIpc) is 2.74. The van der Waals surface area contributed by atoms with Crippen LogP contribution in [0.1, 0.15) is 23.7 Å². The van der Waals surface area contributed by atoms with Gasteiger partial charge in [0.15, 0.2) is 12.9 Å². The highest BCUT2D eigenvalue weighted by Crippen LogP contribution is 2.44. The van der Waals surface area contributed by atoms with Gasteiger partial charge in [-0.25, -0.2) is 0 Å². The number of rotatable bonds is 7. The molecule has 3 rings (SSSR count). The Morgan fingerprint density at radius 1 is 0.815 bits per heavy atom. The minimum atomic E-state index is -2.89. The summed E-state index contributed by atoms with van der Waals surface area (Å²) in [5.41, 5.74) is 1.49. The maximum absolute atomic E-state index is 14.2. The number of anilines is 1. The summed E-state index contributed by atoms with van der Waals surface area (Å²) in [7, 11) is -0.986. The Bertz CT molecular complexity index is 911. The molecular formula is C23H24NO2P. The van der Waals surface area contributed by atoms with Crippen molar-refractivity contribution in [2.45, 2.75) is 13.3 Å².